The lowest BCUT2D eigenvalue weighted by Crippen LogP contribution is -2.42. The molecular weight excluding hydrogens is 971 g/mol. The summed E-state index contributed by atoms with van der Waals surface area (Å²) in [6.45, 7) is 1.82. The van der Waals surface area contributed by atoms with Crippen molar-refractivity contribution in [1.82, 2.24) is 51.1 Å². The Balaban J connectivity index is 0.000000303. The Labute approximate surface area is 435 Å². The van der Waals surface area contributed by atoms with E-state index >= 15 is 0 Å². The number of aromatic amines is 1. The summed E-state index contributed by atoms with van der Waals surface area (Å²) < 4.78 is 5.63. The molecular formula is C51H73N13O11. The van der Waals surface area contributed by atoms with Gasteiger partial charge in [0.15, 0.2) is 11.2 Å². The maximum absolute atomic E-state index is 12.7. The fourth-order valence-corrected chi connectivity index (χ4v) is 8.37. The molecule has 2 aliphatic carbocycles. The van der Waals surface area contributed by atoms with Gasteiger partial charge in [0.2, 0.25) is 36.0 Å². The first-order valence-electron chi connectivity index (χ1n) is 25.5. The molecule has 1 aromatic carbocycles. The second kappa shape index (κ2) is 33.3. The first-order chi connectivity index (χ1) is 36.2. The number of nitrogens with zero attached hydrogens (tertiary/aromatic N) is 5. The van der Waals surface area contributed by atoms with Gasteiger partial charge in [-0.2, -0.15) is 4.98 Å². The Morgan fingerprint density at radius 2 is 1.61 bits per heavy atom. The van der Waals surface area contributed by atoms with Crippen LogP contribution in [0.1, 0.15) is 130 Å². The normalized spacial score (nSPS) is 15.8. The van der Waals surface area contributed by atoms with Crippen LogP contribution in [-0.4, -0.2) is 134 Å². The Hall–Kier alpha value is -7.60. The van der Waals surface area contributed by atoms with E-state index in [4.69, 9.17) is 21.3 Å². The second-order valence-electron chi connectivity index (χ2n) is 18.1. The number of amides is 6. The minimum absolute atomic E-state index is 0.00697. The molecule has 24 nitrogen and oxygen atoms in total. The molecule has 4 heterocycles. The Kier molecular flexibility index (Phi) is 26.6. The quantitative estimate of drug-likeness (QED) is 0.0399. The zero-order valence-corrected chi connectivity index (χ0v) is 42.6. The van der Waals surface area contributed by atoms with Gasteiger partial charge in [0, 0.05) is 82.1 Å². The number of carboxylic acid groups (broad SMARTS) is 1. The lowest BCUT2D eigenvalue weighted by atomic mass is 9.89. The standard InChI is InChI=1S/C28H35N9O6.C10H12N2O.C10H19NO2.C3H7NO2/c29-28-36-23-22(26(41)37-28)34-19(15-33-23)14-32-18-8-6-17(7-9-18)25(40)35-20(27(42)43)10-11-21(38)30-12-13-31-24(39)16-4-2-1-3-5-16;1-12-9(4-5-10(12)13)8-3-2-6-11-7-8;11-10(12)7-4-8-13-9-5-2-1-3-6-9;5-2-1-4-3-6/h6-9,15-16,20,32H,1-5,10-14H2,(H,30,38)(H,31,39)(H,35,40)(H,42,43)(H3,29,33,36,37,41);2-3,6-7,9H,4-5H2,1H3;9H,1-8H2,(H2,11,12);3,5H,1-2H2,(H,4,6). The van der Waals surface area contributed by atoms with Gasteiger partial charge in [-0.15, -0.1) is 0 Å². The van der Waals surface area contributed by atoms with E-state index in [0.717, 1.165) is 50.5 Å². The number of rotatable bonds is 22. The summed E-state index contributed by atoms with van der Waals surface area (Å²) in [6.07, 6.45) is 20.0. The minimum atomic E-state index is -1.26. The number of hydrogen-bond donors (Lipinski definition) is 10. The van der Waals surface area contributed by atoms with Gasteiger partial charge >= 0.3 is 5.97 Å². The van der Waals surface area contributed by atoms with Crippen molar-refractivity contribution in [2.75, 3.05) is 50.9 Å². The lowest BCUT2D eigenvalue weighted by Gasteiger charge is -2.21. The molecule has 0 radical (unpaired) electrons. The summed E-state index contributed by atoms with van der Waals surface area (Å²) >= 11 is 0. The van der Waals surface area contributed by atoms with Crippen LogP contribution in [0.3, 0.4) is 0 Å². The fraction of sp³-hybridized carbons (Fsp3) is 0.529. The number of likely N-dealkylation sites (tertiary alicyclic amines) is 1. The molecule has 408 valence electrons. The van der Waals surface area contributed by atoms with Crippen molar-refractivity contribution in [2.45, 2.75) is 127 Å². The second-order valence-corrected chi connectivity index (χ2v) is 18.1. The monoisotopic (exact) mass is 1040 g/mol. The molecule has 4 aromatic rings. The van der Waals surface area contributed by atoms with Crippen molar-refractivity contribution in [2.24, 2.45) is 11.7 Å². The topological polar surface area (TPSA) is 369 Å². The van der Waals surface area contributed by atoms with Crippen LogP contribution < -0.4 is 43.6 Å². The van der Waals surface area contributed by atoms with Crippen LogP contribution in [0.5, 0.6) is 0 Å². The largest absolute Gasteiger partial charge is 0.480 e. The van der Waals surface area contributed by atoms with Gasteiger partial charge in [-0.05, 0) is 80.8 Å². The number of pyridine rings is 1. The van der Waals surface area contributed by atoms with Crippen molar-refractivity contribution in [3.8, 4) is 0 Å². The number of nitrogens with one attached hydrogen (secondary N) is 6. The molecule has 0 bridgehead atoms. The van der Waals surface area contributed by atoms with E-state index in [1.54, 1.807) is 23.2 Å². The van der Waals surface area contributed by atoms with Gasteiger partial charge in [-0.3, -0.25) is 43.5 Å². The predicted octanol–water partition coefficient (Wildman–Crippen LogP) is 2.38. The summed E-state index contributed by atoms with van der Waals surface area (Å²) in [4.78, 5) is 112. The third-order valence-electron chi connectivity index (χ3n) is 12.5. The molecule has 6 amide bonds. The van der Waals surface area contributed by atoms with Crippen LogP contribution in [0.25, 0.3) is 11.2 Å². The number of anilines is 2. The first-order valence-corrected chi connectivity index (χ1v) is 25.5. The Morgan fingerprint density at radius 1 is 0.907 bits per heavy atom. The molecule has 75 heavy (non-hydrogen) atoms. The molecule has 2 atom stereocenters. The van der Waals surface area contributed by atoms with E-state index in [2.05, 4.69) is 51.5 Å². The summed E-state index contributed by atoms with van der Waals surface area (Å²) in [5, 5.41) is 30.8. The number of aliphatic hydroxyl groups excluding tert-OH is 1. The fourth-order valence-electron chi connectivity index (χ4n) is 8.37. The highest BCUT2D eigenvalue weighted by atomic mass is 16.5. The van der Waals surface area contributed by atoms with Gasteiger partial charge in [0.05, 0.1) is 37.2 Å². The van der Waals surface area contributed by atoms with Crippen molar-refractivity contribution in [3.05, 3.63) is 82.2 Å². The number of nitrogens with two attached hydrogens (primary N) is 2. The summed E-state index contributed by atoms with van der Waals surface area (Å²) in [7, 11) is 1.85. The van der Waals surface area contributed by atoms with Gasteiger partial charge in [-0.25, -0.2) is 14.8 Å². The molecule has 1 saturated heterocycles. The minimum Gasteiger partial charge on any atom is -0.480 e. The summed E-state index contributed by atoms with van der Waals surface area (Å²) in [5.41, 5.74) is 12.7. The van der Waals surface area contributed by atoms with Gasteiger partial charge < -0.3 is 57.9 Å². The number of nitrogen functional groups attached to an aromatic ring is 1. The Bertz CT molecular complexity index is 2490. The third-order valence-corrected chi connectivity index (χ3v) is 12.5. The van der Waals surface area contributed by atoms with E-state index in [1.807, 2.05) is 25.4 Å². The van der Waals surface area contributed by atoms with Crippen LogP contribution in [-0.2, 0) is 40.0 Å². The van der Waals surface area contributed by atoms with Crippen LogP contribution in [0.2, 0.25) is 0 Å². The number of hydrogen-bond acceptors (Lipinski definition) is 16. The number of aliphatic carboxylic acids is 1. The van der Waals surface area contributed by atoms with Crippen LogP contribution in [0.15, 0.2) is 59.8 Å². The molecule has 1 aliphatic heterocycles. The molecule has 7 rings (SSSR count). The van der Waals surface area contributed by atoms with E-state index in [1.165, 1.54) is 50.4 Å². The lowest BCUT2D eigenvalue weighted by molar-refractivity contribution is -0.139. The number of primary amides is 1. The highest BCUT2D eigenvalue weighted by Gasteiger charge is 2.29. The number of aromatic nitrogens is 5. The number of carbonyl (C=O) groups is 7. The Morgan fingerprint density at radius 3 is 2.23 bits per heavy atom. The van der Waals surface area contributed by atoms with Gasteiger partial charge in [0.25, 0.3) is 11.5 Å². The number of fused-ring (bicyclic) bond motifs is 1. The van der Waals surface area contributed by atoms with Crippen molar-refractivity contribution in [3.63, 3.8) is 0 Å². The number of H-pyrrole nitrogens is 1. The summed E-state index contributed by atoms with van der Waals surface area (Å²) in [5.74, 6) is -2.24. The van der Waals surface area contributed by atoms with Crippen molar-refractivity contribution >= 4 is 64.7 Å². The van der Waals surface area contributed by atoms with Crippen LogP contribution in [0.4, 0.5) is 11.6 Å². The van der Waals surface area contributed by atoms with Crippen LogP contribution >= 0.6 is 0 Å². The summed E-state index contributed by atoms with van der Waals surface area (Å²) in [6, 6.07) is 9.22. The number of carboxylic acids is 1. The molecule has 24 heteroatoms. The molecule has 2 saturated carbocycles. The molecule has 12 N–H and O–H groups in total. The zero-order valence-electron chi connectivity index (χ0n) is 42.6. The van der Waals surface area contributed by atoms with E-state index < -0.39 is 23.5 Å². The maximum Gasteiger partial charge on any atom is 0.326 e. The average Bonchev–Trinajstić information content (AvgIpc) is 3.76. The molecule has 3 fully saturated rings. The maximum atomic E-state index is 12.7. The first kappa shape index (κ1) is 60.0. The number of aliphatic hydroxyl groups is 1. The number of ether oxygens (including phenoxy) is 1. The third kappa shape index (κ3) is 22.2. The SMILES string of the molecule is CN1C(=O)CCC1c1cccnc1.NC(=O)CCCOC1CCCCC1.Nc1nc2ncc(CNc3ccc(C(=O)NC(CCC(=O)NCCNC(=O)C4CCCCC4)C(=O)O)cc3)nc2c(=O)[nH]1.O=CNCCO. The highest BCUT2D eigenvalue weighted by Crippen LogP contribution is 2.30. The highest BCUT2D eigenvalue weighted by molar-refractivity contribution is 5.97. The van der Waals surface area contributed by atoms with E-state index in [9.17, 15) is 43.5 Å². The number of benzene rings is 1. The van der Waals surface area contributed by atoms with Gasteiger partial charge in [-0.1, -0.05) is 44.6 Å². The van der Waals surface area contributed by atoms with Crippen LogP contribution in [0, 0.1) is 5.92 Å². The number of carbonyl (C=O) groups excluding carboxylic acids is 6. The van der Waals surface area contributed by atoms with Gasteiger partial charge in [0.1, 0.15) is 6.04 Å². The van der Waals surface area contributed by atoms with E-state index in [0.29, 0.717) is 56.4 Å². The van der Waals surface area contributed by atoms with E-state index in [-0.39, 0.29) is 90.8 Å². The molecule has 0 spiro atoms. The zero-order chi connectivity index (χ0) is 54.4. The smallest absolute Gasteiger partial charge is 0.326 e. The average molecular weight is 1040 g/mol. The molecule has 2 unspecified atom stereocenters. The van der Waals surface area contributed by atoms with Crippen molar-refractivity contribution in [1.29, 1.82) is 0 Å². The van der Waals surface area contributed by atoms with Crippen molar-refractivity contribution < 1.29 is 48.5 Å². The predicted molar refractivity (Wildman–Crippen MR) is 278 cm³/mol. The molecule has 3 aliphatic rings. The molecule has 3 aromatic heterocycles.